The van der Waals surface area contributed by atoms with Gasteiger partial charge in [-0.25, -0.2) is 18.2 Å². The lowest BCUT2D eigenvalue weighted by atomic mass is 9.99. The first-order valence-electron chi connectivity index (χ1n) is 8.20. The molecule has 0 bridgehead atoms. The number of sulfone groups is 1. The van der Waals surface area contributed by atoms with E-state index in [0.717, 1.165) is 5.56 Å². The van der Waals surface area contributed by atoms with E-state index in [1.54, 1.807) is 17.0 Å². The molecule has 1 aliphatic rings. The molecule has 1 fully saturated rings. The zero-order valence-corrected chi connectivity index (χ0v) is 15.6. The van der Waals surface area contributed by atoms with Crippen LogP contribution in [0.2, 0.25) is 0 Å². The van der Waals surface area contributed by atoms with Crippen LogP contribution in [0.3, 0.4) is 0 Å². The molecule has 134 valence electrons. The number of ether oxygens (including phenoxy) is 1. The maximum atomic E-state index is 12.5. The highest BCUT2D eigenvalue weighted by Gasteiger charge is 2.30. The highest BCUT2D eigenvalue weighted by atomic mass is 32.2. The van der Waals surface area contributed by atoms with E-state index in [1.807, 2.05) is 27.7 Å². The van der Waals surface area contributed by atoms with E-state index in [9.17, 15) is 13.2 Å². The van der Waals surface area contributed by atoms with Crippen LogP contribution in [-0.2, 0) is 14.6 Å². The monoisotopic (exact) mass is 354 g/mol. The smallest absolute Gasteiger partial charge is 0.410 e. The van der Waals surface area contributed by atoms with Gasteiger partial charge in [-0.2, -0.15) is 0 Å². The van der Waals surface area contributed by atoms with Gasteiger partial charge in [0.25, 0.3) is 0 Å². The van der Waals surface area contributed by atoms with Crippen molar-refractivity contribution < 1.29 is 17.9 Å². The molecule has 1 saturated heterocycles. The zero-order chi connectivity index (χ0) is 18.0. The lowest BCUT2D eigenvalue weighted by Gasteiger charge is -2.33. The normalized spacial score (nSPS) is 16.9. The largest absolute Gasteiger partial charge is 0.444 e. The summed E-state index contributed by atoms with van der Waals surface area (Å²) in [5, 5.41) is 0.136. The van der Waals surface area contributed by atoms with E-state index in [2.05, 4.69) is 4.98 Å². The van der Waals surface area contributed by atoms with Crippen molar-refractivity contribution in [2.75, 3.05) is 18.8 Å². The lowest BCUT2D eigenvalue weighted by molar-refractivity contribution is 0.0191. The average Bonchev–Trinajstić information content (AvgIpc) is 2.46. The molecule has 0 aromatic carbocycles. The van der Waals surface area contributed by atoms with Crippen molar-refractivity contribution in [1.82, 2.24) is 9.88 Å². The molecule has 0 aliphatic carbocycles. The lowest BCUT2D eigenvalue weighted by Crippen LogP contribution is -2.42. The fourth-order valence-electron chi connectivity index (χ4n) is 2.68. The van der Waals surface area contributed by atoms with Crippen LogP contribution < -0.4 is 0 Å². The van der Waals surface area contributed by atoms with Gasteiger partial charge in [-0.1, -0.05) is 0 Å². The van der Waals surface area contributed by atoms with E-state index in [-0.39, 0.29) is 22.8 Å². The molecule has 0 spiro atoms. The number of aryl methyl sites for hydroxylation is 1. The second-order valence-electron chi connectivity index (χ2n) is 7.36. The predicted molar refractivity (Wildman–Crippen MR) is 91.6 cm³/mol. The molecular weight excluding hydrogens is 328 g/mol. The van der Waals surface area contributed by atoms with Crippen molar-refractivity contribution in [1.29, 1.82) is 0 Å². The van der Waals surface area contributed by atoms with Gasteiger partial charge in [0.05, 0.1) is 5.75 Å². The van der Waals surface area contributed by atoms with Crippen molar-refractivity contribution in [3.63, 3.8) is 0 Å². The molecule has 7 heteroatoms. The van der Waals surface area contributed by atoms with Gasteiger partial charge in [-0.15, -0.1) is 0 Å². The Bertz CT molecular complexity index is 687. The van der Waals surface area contributed by atoms with Crippen LogP contribution in [0, 0.1) is 12.8 Å². The maximum Gasteiger partial charge on any atom is 0.410 e. The SMILES string of the molecule is Cc1ccnc(S(=O)(=O)CC2CCN(C(=O)OC(C)(C)C)CC2)c1. The Morgan fingerprint density at radius 2 is 1.96 bits per heavy atom. The number of carbonyl (C=O) groups is 1. The first-order chi connectivity index (χ1) is 11.1. The Labute approximate surface area is 144 Å². The van der Waals surface area contributed by atoms with Gasteiger partial charge >= 0.3 is 6.09 Å². The molecule has 2 rings (SSSR count). The first-order valence-corrected chi connectivity index (χ1v) is 9.85. The minimum Gasteiger partial charge on any atom is -0.444 e. The topological polar surface area (TPSA) is 76.6 Å². The van der Waals surface area contributed by atoms with Crippen LogP contribution in [0.1, 0.15) is 39.2 Å². The second kappa shape index (κ2) is 7.09. The minimum absolute atomic E-state index is 0.0380. The Balaban J connectivity index is 1.92. The van der Waals surface area contributed by atoms with E-state index in [1.165, 1.54) is 6.20 Å². The number of hydrogen-bond donors (Lipinski definition) is 0. The van der Waals surface area contributed by atoms with Crippen LogP contribution in [0.25, 0.3) is 0 Å². The van der Waals surface area contributed by atoms with Crippen molar-refractivity contribution in [3.05, 3.63) is 23.9 Å². The second-order valence-corrected chi connectivity index (χ2v) is 9.34. The molecule has 1 aromatic heterocycles. The van der Waals surface area contributed by atoms with Crippen molar-refractivity contribution in [3.8, 4) is 0 Å². The Hall–Kier alpha value is -1.63. The highest BCUT2D eigenvalue weighted by molar-refractivity contribution is 7.91. The average molecular weight is 354 g/mol. The van der Waals surface area contributed by atoms with E-state index < -0.39 is 15.4 Å². The fraction of sp³-hybridized carbons (Fsp3) is 0.647. The number of rotatable bonds is 3. The summed E-state index contributed by atoms with van der Waals surface area (Å²) in [6.07, 6.45) is 2.51. The number of likely N-dealkylation sites (tertiary alicyclic amines) is 1. The number of aromatic nitrogens is 1. The van der Waals surface area contributed by atoms with E-state index in [0.29, 0.717) is 25.9 Å². The Morgan fingerprint density at radius 3 is 2.50 bits per heavy atom. The molecule has 0 N–H and O–H groups in total. The minimum atomic E-state index is -3.39. The zero-order valence-electron chi connectivity index (χ0n) is 14.8. The molecule has 0 unspecified atom stereocenters. The molecule has 1 amide bonds. The van der Waals surface area contributed by atoms with Gasteiger partial charge in [-0.3, -0.25) is 0 Å². The molecule has 24 heavy (non-hydrogen) atoms. The van der Waals surface area contributed by atoms with Crippen molar-refractivity contribution >= 4 is 15.9 Å². The summed E-state index contributed by atoms with van der Waals surface area (Å²) in [4.78, 5) is 17.7. The molecule has 0 radical (unpaired) electrons. The van der Waals surface area contributed by atoms with Crippen LogP contribution in [0.5, 0.6) is 0 Å². The van der Waals surface area contributed by atoms with Gasteiger partial charge in [0.1, 0.15) is 5.60 Å². The Morgan fingerprint density at radius 1 is 1.33 bits per heavy atom. The number of hydrogen-bond acceptors (Lipinski definition) is 5. The number of amides is 1. The van der Waals surface area contributed by atoms with Gasteiger partial charge in [0.2, 0.25) is 0 Å². The fourth-order valence-corrected chi connectivity index (χ4v) is 4.39. The van der Waals surface area contributed by atoms with Crippen LogP contribution in [0.15, 0.2) is 23.4 Å². The summed E-state index contributed by atoms with van der Waals surface area (Å²) in [7, 11) is -3.39. The third kappa shape index (κ3) is 5.19. The number of carbonyl (C=O) groups excluding carboxylic acids is 1. The molecule has 0 saturated carbocycles. The third-order valence-corrected chi connectivity index (χ3v) is 5.70. The van der Waals surface area contributed by atoms with Crippen LogP contribution in [0.4, 0.5) is 4.79 Å². The first kappa shape index (κ1) is 18.7. The summed E-state index contributed by atoms with van der Waals surface area (Å²) in [6.45, 7) is 8.39. The quantitative estimate of drug-likeness (QED) is 0.834. The van der Waals surface area contributed by atoms with Gasteiger partial charge < -0.3 is 9.64 Å². The number of pyridine rings is 1. The molecule has 0 atom stereocenters. The summed E-state index contributed by atoms with van der Waals surface area (Å²) in [5.74, 6) is 0.113. The maximum absolute atomic E-state index is 12.5. The van der Waals surface area contributed by atoms with Gasteiger partial charge in [-0.05, 0) is 64.2 Å². The van der Waals surface area contributed by atoms with Gasteiger partial charge in [0, 0.05) is 19.3 Å². The summed E-state index contributed by atoms with van der Waals surface area (Å²) in [5.41, 5.74) is 0.358. The summed E-state index contributed by atoms with van der Waals surface area (Å²) < 4.78 is 30.3. The molecule has 6 nitrogen and oxygen atoms in total. The molecular formula is C17H26N2O4S. The Kier molecular flexibility index (Phi) is 5.52. The highest BCUT2D eigenvalue weighted by Crippen LogP contribution is 2.23. The molecule has 2 heterocycles. The van der Waals surface area contributed by atoms with E-state index >= 15 is 0 Å². The van der Waals surface area contributed by atoms with Crippen molar-refractivity contribution in [2.24, 2.45) is 5.92 Å². The standard InChI is InChI=1S/C17H26N2O4S/c1-13-5-8-18-15(11-13)24(21,22)12-14-6-9-19(10-7-14)16(20)23-17(2,3)4/h5,8,11,14H,6-7,9-10,12H2,1-4H3. The third-order valence-electron chi connectivity index (χ3n) is 3.93. The predicted octanol–water partition coefficient (Wildman–Crippen LogP) is 2.81. The van der Waals surface area contributed by atoms with Crippen LogP contribution in [-0.4, -0.2) is 48.8 Å². The summed E-state index contributed by atoms with van der Waals surface area (Å²) in [6, 6.07) is 3.38. The summed E-state index contributed by atoms with van der Waals surface area (Å²) >= 11 is 0. The van der Waals surface area contributed by atoms with Gasteiger partial charge in [0.15, 0.2) is 14.9 Å². The van der Waals surface area contributed by atoms with Crippen LogP contribution >= 0.6 is 0 Å². The number of nitrogens with zero attached hydrogens (tertiary/aromatic N) is 2. The van der Waals surface area contributed by atoms with E-state index in [4.69, 9.17) is 4.74 Å². The number of piperidine rings is 1. The molecule has 1 aromatic rings. The molecule has 1 aliphatic heterocycles. The van der Waals surface area contributed by atoms with Crippen molar-refractivity contribution in [2.45, 2.75) is 51.2 Å².